The van der Waals surface area contributed by atoms with Gasteiger partial charge < -0.3 is 5.32 Å². The number of pyridine rings is 1. The molecule has 4 rings (SSSR count). The highest BCUT2D eigenvalue weighted by molar-refractivity contribution is 5.93. The number of aromatic nitrogens is 4. The Morgan fingerprint density at radius 3 is 2.69 bits per heavy atom. The number of rotatable bonds is 4. The van der Waals surface area contributed by atoms with Gasteiger partial charge in [-0.25, -0.2) is 14.5 Å². The first-order valence-corrected chi connectivity index (χ1v) is 8.89. The molecule has 3 aromatic heterocycles. The van der Waals surface area contributed by atoms with E-state index in [9.17, 15) is 18.0 Å². The van der Waals surface area contributed by atoms with Crippen molar-refractivity contribution in [3.63, 3.8) is 0 Å². The van der Waals surface area contributed by atoms with Crippen LogP contribution in [0.2, 0.25) is 0 Å². The van der Waals surface area contributed by atoms with Crippen molar-refractivity contribution in [3.8, 4) is 17.5 Å². The molecular weight excluding hydrogens is 385 g/mol. The lowest BCUT2D eigenvalue weighted by Crippen LogP contribution is -2.47. The van der Waals surface area contributed by atoms with E-state index in [0.29, 0.717) is 35.6 Å². The summed E-state index contributed by atoms with van der Waals surface area (Å²) in [6.07, 6.45) is -3.63. The highest BCUT2D eigenvalue weighted by Crippen LogP contribution is 2.40. The molecule has 1 atom stereocenters. The molecule has 7 nitrogen and oxygen atoms in total. The Morgan fingerprint density at radius 2 is 2.03 bits per heavy atom. The molecule has 1 aliphatic carbocycles. The Balaban J connectivity index is 1.66. The lowest BCUT2D eigenvalue weighted by Gasteiger charge is -2.20. The lowest BCUT2D eigenvalue weighted by atomic mass is 10.1. The highest BCUT2D eigenvalue weighted by Gasteiger charge is 2.49. The van der Waals surface area contributed by atoms with Crippen LogP contribution >= 0.6 is 0 Å². The molecule has 3 aromatic rings. The first kappa shape index (κ1) is 18.9. The summed E-state index contributed by atoms with van der Waals surface area (Å²) in [6.45, 7) is 1.73. The van der Waals surface area contributed by atoms with E-state index in [1.807, 2.05) is 6.07 Å². The van der Waals surface area contributed by atoms with E-state index in [1.54, 1.807) is 31.2 Å². The maximum absolute atomic E-state index is 13.2. The Hall–Kier alpha value is -3.48. The fourth-order valence-corrected chi connectivity index (χ4v) is 3.12. The van der Waals surface area contributed by atoms with E-state index < -0.39 is 24.0 Å². The summed E-state index contributed by atoms with van der Waals surface area (Å²) in [5.41, 5.74) is 1.92. The Kier molecular flexibility index (Phi) is 4.45. The first-order chi connectivity index (χ1) is 13.8. The van der Waals surface area contributed by atoms with Gasteiger partial charge in [0.1, 0.15) is 17.8 Å². The predicted octanol–water partition coefficient (Wildman–Crippen LogP) is 3.04. The quantitative estimate of drug-likeness (QED) is 0.726. The van der Waals surface area contributed by atoms with Crippen LogP contribution in [0.3, 0.4) is 0 Å². The van der Waals surface area contributed by atoms with Crippen LogP contribution in [0.25, 0.3) is 17.0 Å². The van der Waals surface area contributed by atoms with Crippen molar-refractivity contribution in [3.05, 3.63) is 47.4 Å². The molecule has 0 saturated heterocycles. The molecule has 0 aliphatic heterocycles. The van der Waals surface area contributed by atoms with Crippen LogP contribution in [0.5, 0.6) is 0 Å². The van der Waals surface area contributed by atoms with Crippen molar-refractivity contribution in [2.24, 2.45) is 5.92 Å². The summed E-state index contributed by atoms with van der Waals surface area (Å²) >= 11 is 0. The van der Waals surface area contributed by atoms with Crippen molar-refractivity contribution in [2.45, 2.75) is 32.0 Å². The van der Waals surface area contributed by atoms with Gasteiger partial charge in [-0.2, -0.15) is 23.5 Å². The van der Waals surface area contributed by atoms with Gasteiger partial charge in [-0.3, -0.25) is 4.79 Å². The Labute approximate surface area is 163 Å². The van der Waals surface area contributed by atoms with E-state index in [2.05, 4.69) is 20.4 Å². The molecule has 0 bridgehead atoms. The molecule has 0 spiro atoms. The fraction of sp³-hybridized carbons (Fsp3) is 0.316. The molecule has 3 heterocycles. The summed E-state index contributed by atoms with van der Waals surface area (Å²) in [7, 11) is 0. The summed E-state index contributed by atoms with van der Waals surface area (Å²) in [5, 5.41) is 15.2. The second-order valence-electron chi connectivity index (χ2n) is 6.93. The van der Waals surface area contributed by atoms with Gasteiger partial charge in [-0.1, -0.05) is 6.07 Å². The minimum Gasteiger partial charge on any atom is -0.339 e. The zero-order chi connectivity index (χ0) is 20.8. The minimum absolute atomic E-state index is 0.147. The molecule has 1 aliphatic rings. The van der Waals surface area contributed by atoms with Crippen molar-refractivity contribution in [2.75, 3.05) is 0 Å². The van der Waals surface area contributed by atoms with Gasteiger partial charge in [0.2, 0.25) is 0 Å². The number of halogens is 3. The average molecular weight is 400 g/mol. The van der Waals surface area contributed by atoms with E-state index in [4.69, 9.17) is 5.26 Å². The van der Waals surface area contributed by atoms with E-state index in [-0.39, 0.29) is 11.4 Å². The molecule has 1 saturated carbocycles. The average Bonchev–Trinajstić information content (AvgIpc) is 3.42. The topological polar surface area (TPSA) is 96.0 Å². The maximum atomic E-state index is 13.2. The minimum atomic E-state index is -4.51. The zero-order valence-electron chi connectivity index (χ0n) is 15.2. The molecule has 1 fully saturated rings. The van der Waals surface area contributed by atoms with E-state index in [0.717, 1.165) is 0 Å². The summed E-state index contributed by atoms with van der Waals surface area (Å²) in [4.78, 5) is 21.0. The van der Waals surface area contributed by atoms with Gasteiger partial charge in [0.25, 0.3) is 5.91 Å². The van der Waals surface area contributed by atoms with E-state index >= 15 is 0 Å². The number of carbonyl (C=O) groups excluding carboxylic acids is 1. The van der Waals surface area contributed by atoms with Crippen LogP contribution in [0, 0.1) is 24.2 Å². The van der Waals surface area contributed by atoms with Gasteiger partial charge in [0.15, 0.2) is 11.3 Å². The van der Waals surface area contributed by atoms with Gasteiger partial charge >= 0.3 is 6.18 Å². The number of amides is 1. The highest BCUT2D eigenvalue weighted by atomic mass is 19.4. The molecule has 29 heavy (non-hydrogen) atoms. The summed E-state index contributed by atoms with van der Waals surface area (Å²) in [6, 6.07) is 8.01. The zero-order valence-corrected chi connectivity index (χ0v) is 15.2. The fourth-order valence-electron chi connectivity index (χ4n) is 3.12. The van der Waals surface area contributed by atoms with Gasteiger partial charge in [-0.15, -0.1) is 0 Å². The van der Waals surface area contributed by atoms with Crippen LogP contribution in [0.1, 0.15) is 34.7 Å². The molecule has 148 valence electrons. The van der Waals surface area contributed by atoms with Crippen LogP contribution in [0.4, 0.5) is 13.2 Å². The van der Waals surface area contributed by atoms with Crippen molar-refractivity contribution in [1.29, 1.82) is 5.26 Å². The van der Waals surface area contributed by atoms with Gasteiger partial charge in [-0.05, 0) is 43.9 Å². The van der Waals surface area contributed by atoms with Crippen molar-refractivity contribution < 1.29 is 18.0 Å². The number of hydrogen-bond acceptors (Lipinski definition) is 5. The molecule has 1 N–H and O–H groups in total. The third-order valence-corrected chi connectivity index (χ3v) is 4.70. The summed E-state index contributed by atoms with van der Waals surface area (Å²) in [5.74, 6) is -1.48. The number of aryl methyl sites for hydroxylation is 1. The predicted molar refractivity (Wildman–Crippen MR) is 95.7 cm³/mol. The number of nitrogens with one attached hydrogen (secondary N) is 1. The van der Waals surface area contributed by atoms with Gasteiger partial charge in [0, 0.05) is 11.8 Å². The Morgan fingerprint density at radius 1 is 1.28 bits per heavy atom. The number of carbonyl (C=O) groups is 1. The van der Waals surface area contributed by atoms with E-state index in [1.165, 1.54) is 10.6 Å². The monoisotopic (exact) mass is 400 g/mol. The number of nitrogens with zero attached hydrogens (tertiary/aromatic N) is 5. The largest absolute Gasteiger partial charge is 0.408 e. The molecule has 10 heteroatoms. The number of fused-ring (bicyclic) bond motifs is 1. The van der Waals surface area contributed by atoms with Crippen molar-refractivity contribution in [1.82, 2.24) is 24.9 Å². The molecule has 0 aromatic carbocycles. The molecule has 1 amide bonds. The smallest absolute Gasteiger partial charge is 0.339 e. The number of nitriles is 1. The lowest BCUT2D eigenvalue weighted by molar-refractivity contribution is -0.158. The van der Waals surface area contributed by atoms with Crippen LogP contribution < -0.4 is 5.32 Å². The standard InChI is InChI=1S/C19H15F3N6O/c1-10-7-14(13-4-2-3-12(9-23)24-13)25-16-8-15(27-28(10)16)18(29)26-17(11-5-6-11)19(20,21)22/h2-4,7-8,11,17H,5-6H2,1H3,(H,26,29). The van der Waals surface area contributed by atoms with Crippen LogP contribution in [-0.2, 0) is 0 Å². The second-order valence-corrected chi connectivity index (χ2v) is 6.93. The van der Waals surface area contributed by atoms with Crippen LogP contribution in [-0.4, -0.2) is 37.7 Å². The third kappa shape index (κ3) is 3.76. The number of hydrogen-bond donors (Lipinski definition) is 1. The molecule has 1 unspecified atom stereocenters. The Bertz CT molecular complexity index is 1140. The third-order valence-electron chi connectivity index (χ3n) is 4.70. The number of alkyl halides is 3. The molecule has 0 radical (unpaired) electrons. The normalized spacial score (nSPS) is 15.1. The summed E-state index contributed by atoms with van der Waals surface area (Å²) < 4.78 is 40.9. The maximum Gasteiger partial charge on any atom is 0.408 e. The second kappa shape index (κ2) is 6.84. The SMILES string of the molecule is Cc1cc(-c2cccc(C#N)n2)nc2cc(C(=O)NC(C3CC3)C(F)(F)F)nn12. The first-order valence-electron chi connectivity index (χ1n) is 8.89. The van der Waals surface area contributed by atoms with Crippen molar-refractivity contribution >= 4 is 11.6 Å². The van der Waals surface area contributed by atoms with Crippen LogP contribution in [0.15, 0.2) is 30.3 Å². The van der Waals surface area contributed by atoms with Gasteiger partial charge in [0.05, 0.1) is 11.4 Å². The molecular formula is C19H15F3N6O.